The fourth-order valence-corrected chi connectivity index (χ4v) is 2.19. The lowest BCUT2D eigenvalue weighted by atomic mass is 10.2. The van der Waals surface area contributed by atoms with Crippen LogP contribution in [0.4, 0.5) is 5.69 Å². The average Bonchev–Trinajstić information content (AvgIpc) is 2.93. The molecule has 0 atom stereocenters. The van der Waals surface area contributed by atoms with Crippen molar-refractivity contribution in [2.24, 2.45) is 5.14 Å². The van der Waals surface area contributed by atoms with Crippen molar-refractivity contribution in [1.82, 2.24) is 5.32 Å². The van der Waals surface area contributed by atoms with Gasteiger partial charge >= 0.3 is 0 Å². The molecule has 0 saturated carbocycles. The van der Waals surface area contributed by atoms with Gasteiger partial charge in [0, 0.05) is 18.3 Å². The number of nitrogens with one attached hydrogen (secondary N) is 2. The minimum Gasteiger partial charge on any atom is -0.446 e. The number of sulfonamides is 1. The zero-order chi connectivity index (χ0) is 15.5. The Bertz CT molecular complexity index is 752. The summed E-state index contributed by atoms with van der Waals surface area (Å²) in [6.07, 6.45) is 0. The second kappa shape index (κ2) is 5.98. The number of nitrogens with two attached hydrogens (primary N) is 1. The largest absolute Gasteiger partial charge is 0.446 e. The number of furan rings is 1. The Morgan fingerprint density at radius 2 is 2.05 bits per heavy atom. The number of carbonyl (C=O) groups excluding carboxylic acids is 1. The fraction of sp³-hybridized carbons (Fsp3) is 0.154. The molecule has 0 radical (unpaired) electrons. The first-order valence-electron chi connectivity index (χ1n) is 6.07. The Hall–Kier alpha value is -2.32. The van der Waals surface area contributed by atoms with E-state index >= 15 is 0 Å². The molecule has 8 heteroatoms. The predicted molar refractivity (Wildman–Crippen MR) is 77.2 cm³/mol. The summed E-state index contributed by atoms with van der Waals surface area (Å²) in [7, 11) is -2.28. The number of primary sulfonamides is 1. The van der Waals surface area contributed by atoms with Crippen molar-refractivity contribution < 1.29 is 17.6 Å². The normalized spacial score (nSPS) is 11.1. The van der Waals surface area contributed by atoms with Crippen molar-refractivity contribution in [2.75, 3.05) is 12.4 Å². The topological polar surface area (TPSA) is 114 Å². The number of benzene rings is 1. The summed E-state index contributed by atoms with van der Waals surface area (Å²) in [4.78, 5) is 11.5. The summed E-state index contributed by atoms with van der Waals surface area (Å²) in [5, 5.41) is 10.3. The molecular weight excluding hydrogens is 294 g/mol. The lowest BCUT2D eigenvalue weighted by Crippen LogP contribution is -2.17. The van der Waals surface area contributed by atoms with Crippen LogP contribution in [0.1, 0.15) is 16.1 Å². The predicted octanol–water partition coefficient (Wildman–Crippen LogP) is 0.899. The third-order valence-electron chi connectivity index (χ3n) is 2.74. The van der Waals surface area contributed by atoms with Gasteiger partial charge in [-0.3, -0.25) is 4.79 Å². The van der Waals surface area contributed by atoms with Crippen LogP contribution in [0, 0.1) is 0 Å². The summed E-state index contributed by atoms with van der Waals surface area (Å²) >= 11 is 0. The van der Waals surface area contributed by atoms with E-state index in [2.05, 4.69) is 10.6 Å². The molecule has 0 unspecified atom stereocenters. The van der Waals surface area contributed by atoms with Gasteiger partial charge in [-0.15, -0.1) is 0 Å². The van der Waals surface area contributed by atoms with E-state index in [-0.39, 0.29) is 17.5 Å². The summed E-state index contributed by atoms with van der Waals surface area (Å²) in [5.41, 5.74) is 1.23. The molecule has 0 fully saturated rings. The van der Waals surface area contributed by atoms with Crippen LogP contribution in [0.15, 0.2) is 45.9 Å². The molecule has 0 aliphatic heterocycles. The molecule has 2 aromatic rings. The van der Waals surface area contributed by atoms with Gasteiger partial charge in [-0.2, -0.15) is 0 Å². The number of carbonyl (C=O) groups is 1. The molecule has 21 heavy (non-hydrogen) atoms. The van der Waals surface area contributed by atoms with Gasteiger partial charge in [0.15, 0.2) is 0 Å². The van der Waals surface area contributed by atoms with Crippen LogP contribution >= 0.6 is 0 Å². The number of rotatable bonds is 5. The minimum atomic E-state index is -3.83. The van der Waals surface area contributed by atoms with Crippen molar-refractivity contribution in [2.45, 2.75) is 11.6 Å². The average molecular weight is 309 g/mol. The molecule has 0 spiro atoms. The van der Waals surface area contributed by atoms with E-state index in [9.17, 15) is 13.2 Å². The zero-order valence-electron chi connectivity index (χ0n) is 11.3. The second-order valence-corrected chi connectivity index (χ2v) is 5.77. The van der Waals surface area contributed by atoms with Gasteiger partial charge in [0.05, 0.1) is 6.54 Å². The van der Waals surface area contributed by atoms with Crippen molar-refractivity contribution in [1.29, 1.82) is 0 Å². The molecule has 7 nitrogen and oxygen atoms in total. The van der Waals surface area contributed by atoms with E-state index in [0.717, 1.165) is 0 Å². The van der Waals surface area contributed by atoms with E-state index in [0.29, 0.717) is 17.0 Å². The van der Waals surface area contributed by atoms with E-state index < -0.39 is 10.0 Å². The molecule has 1 aromatic heterocycles. The van der Waals surface area contributed by atoms with E-state index in [1.54, 1.807) is 31.3 Å². The molecule has 2 rings (SSSR count). The highest BCUT2D eigenvalue weighted by Crippen LogP contribution is 2.15. The van der Waals surface area contributed by atoms with Gasteiger partial charge in [-0.1, -0.05) is 6.07 Å². The Balaban J connectivity index is 2.06. The Morgan fingerprint density at radius 1 is 1.29 bits per heavy atom. The first-order chi connectivity index (χ1) is 9.90. The highest BCUT2D eigenvalue weighted by Gasteiger charge is 2.13. The minimum absolute atomic E-state index is 0.187. The van der Waals surface area contributed by atoms with Crippen molar-refractivity contribution in [3.05, 3.63) is 47.7 Å². The third kappa shape index (κ3) is 3.83. The van der Waals surface area contributed by atoms with Crippen LogP contribution in [-0.4, -0.2) is 21.4 Å². The number of anilines is 1. The van der Waals surface area contributed by atoms with Crippen molar-refractivity contribution in [3.63, 3.8) is 0 Å². The quantitative estimate of drug-likeness (QED) is 0.759. The lowest BCUT2D eigenvalue weighted by Gasteiger charge is -2.06. The first-order valence-corrected chi connectivity index (χ1v) is 7.62. The lowest BCUT2D eigenvalue weighted by molar-refractivity contribution is 0.0963. The monoisotopic (exact) mass is 309 g/mol. The summed E-state index contributed by atoms with van der Waals surface area (Å²) in [5.74, 6) is 0.234. The fourth-order valence-electron chi connectivity index (χ4n) is 1.71. The van der Waals surface area contributed by atoms with Crippen LogP contribution in [-0.2, 0) is 16.6 Å². The van der Waals surface area contributed by atoms with E-state index in [1.165, 1.54) is 12.1 Å². The molecule has 0 aliphatic rings. The number of hydrogen-bond donors (Lipinski definition) is 3. The molecule has 1 amide bonds. The van der Waals surface area contributed by atoms with Gasteiger partial charge in [0.1, 0.15) is 5.76 Å². The van der Waals surface area contributed by atoms with E-state index in [4.69, 9.17) is 9.56 Å². The smallest absolute Gasteiger partial charge is 0.271 e. The van der Waals surface area contributed by atoms with Crippen LogP contribution in [0.3, 0.4) is 0 Å². The maximum Gasteiger partial charge on any atom is 0.271 e. The number of amides is 1. The summed E-state index contributed by atoms with van der Waals surface area (Å²) in [6, 6.07) is 9.72. The van der Waals surface area contributed by atoms with Crippen LogP contribution in [0.5, 0.6) is 0 Å². The van der Waals surface area contributed by atoms with Crippen LogP contribution < -0.4 is 15.8 Å². The second-order valence-electron chi connectivity index (χ2n) is 4.28. The molecule has 112 valence electrons. The Kier molecular flexibility index (Phi) is 4.29. The van der Waals surface area contributed by atoms with Gasteiger partial charge in [-0.25, -0.2) is 13.6 Å². The molecule has 0 saturated heterocycles. The maximum absolute atomic E-state index is 11.5. The van der Waals surface area contributed by atoms with Crippen LogP contribution in [0.25, 0.3) is 0 Å². The Morgan fingerprint density at radius 3 is 2.67 bits per heavy atom. The summed E-state index contributed by atoms with van der Waals surface area (Å²) < 4.78 is 27.3. The van der Waals surface area contributed by atoms with Gasteiger partial charge in [-0.05, 0) is 30.3 Å². The molecule has 0 aliphatic carbocycles. The molecule has 4 N–H and O–H groups in total. The molecule has 1 aromatic carbocycles. The zero-order valence-corrected chi connectivity index (χ0v) is 12.1. The molecule has 1 heterocycles. The SMILES string of the molecule is CNC(=O)c1cccc(NCc2ccc(S(N)(=O)=O)o2)c1. The maximum atomic E-state index is 11.5. The third-order valence-corrected chi connectivity index (χ3v) is 3.52. The highest BCUT2D eigenvalue weighted by atomic mass is 32.2. The molecular formula is C13H15N3O4S. The number of hydrogen-bond acceptors (Lipinski definition) is 5. The van der Waals surface area contributed by atoms with Gasteiger partial charge in [0.25, 0.3) is 15.9 Å². The van der Waals surface area contributed by atoms with E-state index in [1.807, 2.05) is 0 Å². The standard InChI is InChI=1S/C13H15N3O4S/c1-15-13(17)9-3-2-4-10(7-9)16-8-11-5-6-12(20-11)21(14,18)19/h2-7,16H,8H2,1H3,(H,15,17)(H2,14,18,19). The Labute approximate surface area is 122 Å². The van der Waals surface area contributed by atoms with Gasteiger partial charge < -0.3 is 15.1 Å². The first kappa shape index (κ1) is 15.1. The van der Waals surface area contributed by atoms with Crippen LogP contribution in [0.2, 0.25) is 0 Å². The van der Waals surface area contributed by atoms with Crippen molar-refractivity contribution >= 4 is 21.6 Å². The highest BCUT2D eigenvalue weighted by molar-refractivity contribution is 7.89. The summed E-state index contributed by atoms with van der Waals surface area (Å²) in [6.45, 7) is 0.271. The van der Waals surface area contributed by atoms with Crippen molar-refractivity contribution in [3.8, 4) is 0 Å². The van der Waals surface area contributed by atoms with Gasteiger partial charge in [0.2, 0.25) is 5.09 Å². The molecule has 0 bridgehead atoms.